The third-order valence-electron chi connectivity index (χ3n) is 3.44. The van der Waals surface area contributed by atoms with Gasteiger partial charge in [0.1, 0.15) is 22.9 Å². The highest BCUT2D eigenvalue weighted by Crippen LogP contribution is 2.20. The zero-order valence-electron chi connectivity index (χ0n) is 14.4. The van der Waals surface area contributed by atoms with E-state index in [2.05, 4.69) is 4.99 Å². The second kappa shape index (κ2) is 6.08. The molecule has 2 heterocycles. The number of esters is 1. The van der Waals surface area contributed by atoms with E-state index in [1.165, 1.54) is 19.6 Å². The molecule has 0 bridgehead atoms. The molecule has 130 valence electrons. The van der Waals surface area contributed by atoms with Gasteiger partial charge >= 0.3 is 12.1 Å². The number of carbonyl (C=O) groups is 2. The van der Waals surface area contributed by atoms with Crippen molar-refractivity contribution in [2.75, 3.05) is 7.11 Å². The first kappa shape index (κ1) is 16.8. The van der Waals surface area contributed by atoms with E-state index in [4.69, 9.17) is 14.2 Å². The van der Waals surface area contributed by atoms with E-state index in [9.17, 15) is 9.59 Å². The highest BCUT2D eigenvalue weighted by molar-refractivity contribution is 5.99. The van der Waals surface area contributed by atoms with Crippen LogP contribution in [0.15, 0.2) is 35.3 Å². The van der Waals surface area contributed by atoms with Crippen LogP contribution in [0, 0.1) is 0 Å². The second-order valence-electron chi connectivity index (χ2n) is 6.48. The molecule has 1 aromatic rings. The minimum absolute atomic E-state index is 0.0662. The fourth-order valence-electron chi connectivity index (χ4n) is 2.40. The summed E-state index contributed by atoms with van der Waals surface area (Å²) in [6, 6.07) is 3.53. The third-order valence-corrected chi connectivity index (χ3v) is 3.44. The van der Waals surface area contributed by atoms with Gasteiger partial charge in [-0.05, 0) is 44.5 Å². The quantitative estimate of drug-likeness (QED) is 0.726. The highest BCUT2D eigenvalue weighted by Gasteiger charge is 2.29. The van der Waals surface area contributed by atoms with Crippen molar-refractivity contribution in [1.82, 2.24) is 4.90 Å². The molecule has 0 aliphatic carbocycles. The molecule has 7 nitrogen and oxygen atoms in total. The van der Waals surface area contributed by atoms with Gasteiger partial charge in [-0.2, -0.15) is 0 Å². The number of nitrogens with zero attached hydrogens (tertiary/aromatic N) is 2. The molecular formula is C18H18N2O5. The number of methoxy groups -OCH3 is 1. The van der Waals surface area contributed by atoms with Gasteiger partial charge in [-0.1, -0.05) is 0 Å². The highest BCUT2D eigenvalue weighted by atomic mass is 16.6. The molecule has 0 aromatic heterocycles. The van der Waals surface area contributed by atoms with Crippen LogP contribution < -0.4 is 15.3 Å². The molecule has 0 saturated carbocycles. The predicted molar refractivity (Wildman–Crippen MR) is 89.5 cm³/mol. The van der Waals surface area contributed by atoms with Crippen LogP contribution in [0.1, 0.15) is 26.3 Å². The number of ether oxygens (including phenoxy) is 3. The maximum absolute atomic E-state index is 12.5. The standard InChI is InChI=1S/C18H18N2O5/c1-18(2,3)25-17(22)20-10-12-9-15-13(19-5-6-24-15)7-11(12)8-14(20)16(21)23-4/h5-10H,1-4H3. The van der Waals surface area contributed by atoms with Gasteiger partial charge < -0.3 is 14.2 Å². The van der Waals surface area contributed by atoms with E-state index in [-0.39, 0.29) is 5.70 Å². The van der Waals surface area contributed by atoms with Crippen molar-refractivity contribution in [2.24, 2.45) is 4.99 Å². The molecule has 25 heavy (non-hydrogen) atoms. The normalized spacial score (nSPS) is 14.9. The van der Waals surface area contributed by atoms with E-state index in [0.29, 0.717) is 16.3 Å². The predicted octanol–water partition coefficient (Wildman–Crippen LogP) is 1.67. The number of amides is 1. The van der Waals surface area contributed by atoms with Crippen LogP contribution in [-0.4, -0.2) is 29.7 Å². The van der Waals surface area contributed by atoms with Crippen LogP contribution in [0.2, 0.25) is 0 Å². The Morgan fingerprint density at radius 3 is 2.68 bits per heavy atom. The largest absolute Gasteiger partial charge is 0.464 e. The molecular weight excluding hydrogens is 324 g/mol. The summed E-state index contributed by atoms with van der Waals surface area (Å²) < 4.78 is 15.6. The fourth-order valence-corrected chi connectivity index (χ4v) is 2.40. The first-order chi connectivity index (χ1) is 11.8. The van der Waals surface area contributed by atoms with Crippen LogP contribution in [0.4, 0.5) is 4.79 Å². The van der Waals surface area contributed by atoms with Crippen molar-refractivity contribution in [3.8, 4) is 5.75 Å². The lowest BCUT2D eigenvalue weighted by molar-refractivity contribution is -0.137. The van der Waals surface area contributed by atoms with Gasteiger partial charge in [0.2, 0.25) is 0 Å². The van der Waals surface area contributed by atoms with Gasteiger partial charge in [0.15, 0.2) is 5.75 Å². The van der Waals surface area contributed by atoms with E-state index in [1.807, 2.05) is 0 Å². The van der Waals surface area contributed by atoms with Crippen molar-refractivity contribution in [3.05, 3.63) is 46.4 Å². The summed E-state index contributed by atoms with van der Waals surface area (Å²) >= 11 is 0. The summed E-state index contributed by atoms with van der Waals surface area (Å²) in [5.41, 5.74) is 0.0906. The Morgan fingerprint density at radius 1 is 1.24 bits per heavy atom. The Balaban J connectivity index is 2.12. The molecule has 2 aliphatic rings. The third kappa shape index (κ3) is 3.40. The Hall–Kier alpha value is -3.09. The molecule has 0 atom stereocenters. The first-order valence-corrected chi connectivity index (χ1v) is 7.66. The summed E-state index contributed by atoms with van der Waals surface area (Å²) in [6.07, 6.45) is 5.44. The lowest BCUT2D eigenvalue weighted by atomic mass is 10.1. The molecule has 1 aromatic carbocycles. The Morgan fingerprint density at radius 2 is 2.00 bits per heavy atom. The van der Waals surface area contributed by atoms with Gasteiger partial charge in [0.05, 0.1) is 13.3 Å². The van der Waals surface area contributed by atoms with E-state index >= 15 is 0 Å². The number of fused-ring (bicyclic) bond motifs is 2. The number of benzene rings is 1. The SMILES string of the molecule is COC(=O)C1=Cc2cc3c(cc2=CN1C(=O)OC(C)(C)C)OC=CN=3. The summed E-state index contributed by atoms with van der Waals surface area (Å²) in [6.45, 7) is 5.26. The summed E-state index contributed by atoms with van der Waals surface area (Å²) in [4.78, 5) is 30.0. The van der Waals surface area contributed by atoms with Gasteiger partial charge in [0.25, 0.3) is 0 Å². The fraction of sp³-hybridized carbons (Fsp3) is 0.278. The van der Waals surface area contributed by atoms with Crippen molar-refractivity contribution in [3.63, 3.8) is 0 Å². The van der Waals surface area contributed by atoms with Crippen LogP contribution in [0.3, 0.4) is 0 Å². The first-order valence-electron chi connectivity index (χ1n) is 7.66. The maximum Gasteiger partial charge on any atom is 0.419 e. The number of hydrogen-bond acceptors (Lipinski definition) is 6. The molecule has 3 rings (SSSR count). The minimum Gasteiger partial charge on any atom is -0.464 e. The Bertz CT molecular complexity index is 922. The van der Waals surface area contributed by atoms with Gasteiger partial charge in [0, 0.05) is 11.4 Å². The van der Waals surface area contributed by atoms with Crippen LogP contribution in [-0.2, 0) is 14.3 Å². The van der Waals surface area contributed by atoms with Crippen molar-refractivity contribution >= 4 is 24.3 Å². The monoisotopic (exact) mass is 342 g/mol. The van der Waals surface area contributed by atoms with Crippen molar-refractivity contribution in [2.45, 2.75) is 26.4 Å². The summed E-state index contributed by atoms with van der Waals surface area (Å²) in [5, 5.41) is 1.34. The topological polar surface area (TPSA) is 77.4 Å². The lowest BCUT2D eigenvalue weighted by Gasteiger charge is -2.27. The molecule has 0 N–H and O–H groups in total. The number of hydrogen-bond donors (Lipinski definition) is 0. The zero-order chi connectivity index (χ0) is 18.2. The van der Waals surface area contributed by atoms with Crippen LogP contribution in [0.5, 0.6) is 5.75 Å². The molecule has 0 spiro atoms. The zero-order valence-corrected chi connectivity index (χ0v) is 14.4. The Labute approximate surface area is 144 Å². The molecule has 0 saturated heterocycles. The molecule has 2 aliphatic heterocycles. The molecule has 0 radical (unpaired) electrons. The van der Waals surface area contributed by atoms with Gasteiger partial charge in [-0.25, -0.2) is 19.5 Å². The summed E-state index contributed by atoms with van der Waals surface area (Å²) in [5.74, 6) is -0.0740. The maximum atomic E-state index is 12.5. The average molecular weight is 342 g/mol. The molecule has 1 amide bonds. The molecule has 0 fully saturated rings. The molecule has 0 unspecified atom stereocenters. The van der Waals surface area contributed by atoms with Crippen LogP contribution >= 0.6 is 0 Å². The van der Waals surface area contributed by atoms with E-state index in [1.54, 1.807) is 45.2 Å². The van der Waals surface area contributed by atoms with E-state index in [0.717, 1.165) is 10.5 Å². The van der Waals surface area contributed by atoms with Crippen molar-refractivity contribution < 1.29 is 23.8 Å². The minimum atomic E-state index is -0.699. The second-order valence-corrected chi connectivity index (χ2v) is 6.48. The smallest absolute Gasteiger partial charge is 0.419 e. The Kier molecular flexibility index (Phi) is 4.08. The van der Waals surface area contributed by atoms with Gasteiger partial charge in [-0.15, -0.1) is 0 Å². The van der Waals surface area contributed by atoms with Gasteiger partial charge in [-0.3, -0.25) is 0 Å². The summed E-state index contributed by atoms with van der Waals surface area (Å²) in [7, 11) is 1.26. The molecule has 7 heteroatoms. The van der Waals surface area contributed by atoms with Crippen LogP contribution in [0.25, 0.3) is 12.3 Å². The number of carbonyl (C=O) groups excluding carboxylic acids is 2. The lowest BCUT2D eigenvalue weighted by Crippen LogP contribution is -2.38. The average Bonchev–Trinajstić information content (AvgIpc) is 2.56. The van der Waals surface area contributed by atoms with Crippen molar-refractivity contribution in [1.29, 1.82) is 0 Å². The number of rotatable bonds is 1. The van der Waals surface area contributed by atoms with E-state index < -0.39 is 17.7 Å².